The minimum absolute atomic E-state index is 0. The number of hydrogen-bond acceptors (Lipinski definition) is 19. The summed E-state index contributed by atoms with van der Waals surface area (Å²) in [4.78, 5) is 0. The van der Waals surface area contributed by atoms with Crippen molar-refractivity contribution < 1.29 is 147 Å². The predicted octanol–water partition coefficient (Wildman–Crippen LogP) is 2.32. The van der Waals surface area contributed by atoms with E-state index in [1.807, 2.05) is 103 Å². The van der Waals surface area contributed by atoms with Crippen molar-refractivity contribution in [3.8, 4) is 0 Å². The van der Waals surface area contributed by atoms with Crippen LogP contribution in [0.4, 0.5) is 0 Å². The number of ether oxygens (including phenoxy) is 13. The Morgan fingerprint density at radius 3 is 0.898 bits per heavy atom. The number of benzene rings is 7. The smallest absolute Gasteiger partial charge is 0.746 e. The molecule has 0 unspecified atom stereocenters. The average Bonchev–Trinajstić information content (AvgIpc) is 0.876. The Kier molecular flexibility index (Phi) is 27.3. The second kappa shape index (κ2) is 34.5. The molecule has 88 heavy (non-hydrogen) atoms. The summed E-state index contributed by atoms with van der Waals surface area (Å²) in [6.45, 7) is -0.772. The normalized spacial score (nSPS) is 26.5. The quantitative estimate of drug-likeness (QED) is 0.0506. The first-order chi connectivity index (χ1) is 41.9. The van der Waals surface area contributed by atoms with Crippen LogP contribution in [0.2, 0.25) is 0 Å². The van der Waals surface area contributed by atoms with Gasteiger partial charge in [-0.2, -0.15) is 0 Å². The zero-order chi connectivity index (χ0) is 59.7. The third-order valence-electron chi connectivity index (χ3n) is 14.7. The van der Waals surface area contributed by atoms with Crippen molar-refractivity contribution in [1.29, 1.82) is 0 Å². The molecule has 3 aliphatic rings. The molecule has 0 bridgehead atoms. The Bertz CT molecular complexity index is 3340. The van der Waals surface area contributed by atoms with Gasteiger partial charge in [-0.3, -0.25) is 0 Å². The van der Waals surface area contributed by atoms with E-state index in [0.29, 0.717) is 22.3 Å². The molecule has 3 fully saturated rings. The van der Waals surface area contributed by atoms with Crippen molar-refractivity contribution in [2.24, 2.45) is 0 Å². The Labute approximate surface area is 558 Å². The van der Waals surface area contributed by atoms with E-state index >= 15 is 0 Å². The van der Waals surface area contributed by atoms with Gasteiger partial charge in [0.15, 0.2) is 29.7 Å². The minimum atomic E-state index is -5.63. The molecule has 3 aliphatic heterocycles. The van der Waals surface area contributed by atoms with Gasteiger partial charge in [-0.15, -0.1) is 0 Å². The largest absolute Gasteiger partial charge is 1.00 e. The second-order valence-corrected chi connectivity index (χ2v) is 23.7. The molecule has 3 heterocycles. The summed E-state index contributed by atoms with van der Waals surface area (Å²) < 4.78 is 169. The summed E-state index contributed by atoms with van der Waals surface area (Å²) in [5.41, 5.74) is 0.196. The summed E-state index contributed by atoms with van der Waals surface area (Å²) in [5, 5.41) is 0. The molecule has 0 N–H and O–H groups in total. The zero-order valence-electron chi connectivity index (χ0n) is 49.0. The molecule has 10 rings (SSSR count). The summed E-state index contributed by atoms with van der Waals surface area (Å²) in [7, 11) is -9.87. The third-order valence-corrected chi connectivity index (χ3v) is 16.6. The fourth-order valence-electron chi connectivity index (χ4n) is 10.4. The van der Waals surface area contributed by atoms with Gasteiger partial charge in [0.1, 0.15) is 75.2 Å². The van der Waals surface area contributed by atoms with E-state index in [2.05, 4.69) is 0 Å². The molecular formula is C65H68Na2O19S2. The predicted molar refractivity (Wildman–Crippen MR) is 308 cm³/mol. The van der Waals surface area contributed by atoms with Crippen LogP contribution in [-0.4, -0.2) is 124 Å². The van der Waals surface area contributed by atoms with E-state index < -0.39 is 105 Å². The molecule has 7 aromatic carbocycles. The van der Waals surface area contributed by atoms with Crippen LogP contribution in [0.5, 0.6) is 0 Å². The van der Waals surface area contributed by atoms with Crippen LogP contribution in [0.1, 0.15) is 38.9 Å². The first kappa shape index (κ1) is 69.7. The van der Waals surface area contributed by atoms with Gasteiger partial charge in [-0.1, -0.05) is 212 Å². The molecule has 19 nitrogen and oxygen atoms in total. The molecule has 3 saturated heterocycles. The molecule has 0 spiro atoms. The maximum Gasteiger partial charge on any atom is 1.00 e. The fraction of sp³-hybridized carbons (Fsp3) is 0.354. The van der Waals surface area contributed by atoms with Crippen molar-refractivity contribution >= 4 is 20.2 Å². The van der Waals surface area contributed by atoms with Crippen molar-refractivity contribution in [2.45, 2.75) is 131 Å². The van der Waals surface area contributed by atoms with E-state index in [1.165, 1.54) is 7.11 Å². The van der Waals surface area contributed by atoms with E-state index in [-0.39, 0.29) is 112 Å². The summed E-state index contributed by atoms with van der Waals surface area (Å²) >= 11 is 0. The van der Waals surface area contributed by atoms with Gasteiger partial charge in [0, 0.05) is 7.11 Å². The van der Waals surface area contributed by atoms with Crippen LogP contribution in [0, 0.1) is 0 Å². The van der Waals surface area contributed by atoms with Gasteiger partial charge in [-0.25, -0.2) is 16.8 Å². The van der Waals surface area contributed by atoms with Crippen molar-refractivity contribution in [1.82, 2.24) is 0 Å². The Morgan fingerprint density at radius 1 is 0.341 bits per heavy atom. The Morgan fingerprint density at radius 2 is 0.591 bits per heavy atom. The van der Waals surface area contributed by atoms with Crippen LogP contribution < -0.4 is 59.1 Å². The van der Waals surface area contributed by atoms with Gasteiger partial charge >= 0.3 is 59.1 Å². The minimum Gasteiger partial charge on any atom is -0.746 e. The van der Waals surface area contributed by atoms with Crippen LogP contribution in [0.3, 0.4) is 0 Å². The monoisotopic (exact) mass is 1260 g/mol. The first-order valence-corrected chi connectivity index (χ1v) is 31.1. The molecule has 0 aromatic heterocycles. The molecule has 456 valence electrons. The van der Waals surface area contributed by atoms with Gasteiger partial charge in [0.2, 0.25) is 0 Å². The van der Waals surface area contributed by atoms with E-state index in [9.17, 15) is 25.9 Å². The molecule has 14 atom stereocenters. The van der Waals surface area contributed by atoms with Crippen molar-refractivity contribution in [2.75, 3.05) is 13.7 Å². The standard InChI is InChI=1S/C65H70O19S2.2Na/c1-72-61-57(76-40-48-29-15-5-16-30-48)54(59(64(83-61)85(66,67)68)78-42-50-33-19-7-20-34-50)82-63-58(77-41-49-31-17-6-18-32-49)55(60(65(84-63)86(69,70)71)79-43-51-35-21-8-22-36-51)81-62-56(75-39-47-27-13-4-14-28-47)53(74-38-46-25-11-3-12-26-46)52(44-80-62)73-37-45-23-9-2-10-24-45;;/h2-36,52-65H,37-44H2,1H3,(H,66,67,68)(H,69,70,71);;/q;2*+1/p-2/t52-,53+,54-,55-,56-,57-,58-,59+,60+,61-,62+,63-,64-,65-;;/m1../s1. The maximum absolute atomic E-state index is 14.1. The molecule has 0 saturated carbocycles. The van der Waals surface area contributed by atoms with Crippen LogP contribution >= 0.6 is 0 Å². The Balaban J connectivity index is 0.00000501. The SMILES string of the molecule is CO[C@@H]1O[C@H](S(=O)(=O)[O-])[C@@H](OCc2ccccc2)[C@H](O[C@@H]2O[C@H](S(=O)(=O)[O-])[C@@H](OCc3ccccc3)[C@H](O[C@@H]3OC[C@@H](OCc4ccccc4)[C@H](OCc4ccccc4)[C@H]3OCc3ccccc3)[C@H]2OCc2ccccc2)[C@H]1OCc1ccccc1.[Na+].[Na+]. The number of rotatable bonds is 28. The van der Waals surface area contributed by atoms with E-state index in [4.69, 9.17) is 61.6 Å². The van der Waals surface area contributed by atoms with Crippen LogP contribution in [0.25, 0.3) is 0 Å². The fourth-order valence-corrected chi connectivity index (χ4v) is 12.0. The second-order valence-electron chi connectivity index (χ2n) is 20.8. The molecule has 7 aromatic rings. The van der Waals surface area contributed by atoms with E-state index in [0.717, 1.165) is 16.7 Å². The van der Waals surface area contributed by atoms with Gasteiger partial charge in [-0.05, 0) is 38.9 Å². The summed E-state index contributed by atoms with van der Waals surface area (Å²) in [5.74, 6) is 0. The van der Waals surface area contributed by atoms with Crippen LogP contribution in [0.15, 0.2) is 212 Å². The molecular weight excluding hydrogens is 1190 g/mol. The number of hydrogen-bond donors (Lipinski definition) is 0. The van der Waals surface area contributed by atoms with Gasteiger partial charge in [0.25, 0.3) is 0 Å². The first-order valence-electron chi connectivity index (χ1n) is 28.1. The van der Waals surface area contributed by atoms with Gasteiger partial charge in [0.05, 0.1) is 52.9 Å². The van der Waals surface area contributed by atoms with Gasteiger partial charge < -0.3 is 70.7 Å². The Hall–Kier alpha value is -4.16. The van der Waals surface area contributed by atoms with Crippen molar-refractivity contribution in [3.63, 3.8) is 0 Å². The molecule has 0 aliphatic carbocycles. The van der Waals surface area contributed by atoms with Crippen LogP contribution in [-0.2, 0) is 128 Å². The number of methoxy groups -OCH3 is 1. The zero-order valence-corrected chi connectivity index (χ0v) is 54.7. The topological polar surface area (TPSA) is 234 Å². The summed E-state index contributed by atoms with van der Waals surface area (Å²) in [6.07, 6.45) is -18.4. The van der Waals surface area contributed by atoms with E-state index in [1.54, 1.807) is 109 Å². The molecule has 0 radical (unpaired) electrons. The maximum atomic E-state index is 14.1. The van der Waals surface area contributed by atoms with Crippen molar-refractivity contribution in [3.05, 3.63) is 251 Å². The third kappa shape index (κ3) is 19.4. The summed E-state index contributed by atoms with van der Waals surface area (Å²) in [6, 6.07) is 63.9. The average molecular weight is 1260 g/mol. The molecule has 23 heteroatoms. The molecule has 0 amide bonds.